The van der Waals surface area contributed by atoms with E-state index in [0.717, 1.165) is 5.69 Å². The van der Waals surface area contributed by atoms with E-state index in [2.05, 4.69) is 0 Å². The highest BCUT2D eigenvalue weighted by molar-refractivity contribution is 6.05. The molecule has 0 saturated carbocycles. The van der Waals surface area contributed by atoms with Crippen molar-refractivity contribution in [3.8, 4) is 0 Å². The van der Waals surface area contributed by atoms with Crippen LogP contribution < -0.4 is 10.6 Å². The summed E-state index contributed by atoms with van der Waals surface area (Å²) in [5.74, 6) is -0.377. The lowest BCUT2D eigenvalue weighted by Crippen LogP contribution is -2.36. The molecule has 0 saturated heterocycles. The molecule has 3 aromatic rings. The van der Waals surface area contributed by atoms with Crippen molar-refractivity contribution in [2.45, 2.75) is 13.3 Å². The fourth-order valence-electron chi connectivity index (χ4n) is 3.46. The number of aromatic nitrogens is 1. The minimum absolute atomic E-state index is 0.111. The van der Waals surface area contributed by atoms with E-state index in [4.69, 9.17) is 4.74 Å². The Kier molecular flexibility index (Phi) is 3.76. The van der Waals surface area contributed by atoms with Crippen LogP contribution in [0.3, 0.4) is 0 Å². The van der Waals surface area contributed by atoms with Gasteiger partial charge in [-0.15, -0.1) is 0 Å². The predicted molar refractivity (Wildman–Crippen MR) is 97.1 cm³/mol. The lowest BCUT2D eigenvalue weighted by molar-refractivity contribution is 0.0526. The molecule has 2 aromatic carbocycles. The van der Waals surface area contributed by atoms with Crippen LogP contribution in [-0.2, 0) is 11.2 Å². The van der Waals surface area contributed by atoms with Crippen LogP contribution in [0.15, 0.2) is 59.4 Å². The molecule has 0 spiro atoms. The molecule has 0 fully saturated rings. The average Bonchev–Trinajstić information content (AvgIpc) is 3.08. The number of ether oxygens (including phenoxy) is 1. The second-order valence-corrected chi connectivity index (χ2v) is 5.91. The van der Waals surface area contributed by atoms with Crippen molar-refractivity contribution >= 4 is 22.4 Å². The number of esters is 1. The number of pyridine rings is 1. The van der Waals surface area contributed by atoms with E-state index in [1.807, 2.05) is 53.5 Å². The summed E-state index contributed by atoms with van der Waals surface area (Å²) in [6, 6.07) is 17.0. The molecule has 0 bridgehead atoms. The number of benzene rings is 2. The van der Waals surface area contributed by atoms with E-state index in [1.54, 1.807) is 17.7 Å². The summed E-state index contributed by atoms with van der Waals surface area (Å²) >= 11 is 0. The first-order valence-electron chi connectivity index (χ1n) is 8.39. The Labute approximate surface area is 145 Å². The number of hydrogen-bond donors (Lipinski definition) is 0. The van der Waals surface area contributed by atoms with Gasteiger partial charge in [0.25, 0.3) is 5.56 Å². The van der Waals surface area contributed by atoms with Crippen LogP contribution in [0.5, 0.6) is 0 Å². The summed E-state index contributed by atoms with van der Waals surface area (Å²) < 4.78 is 6.90. The molecule has 5 heteroatoms. The van der Waals surface area contributed by atoms with Gasteiger partial charge in [0.05, 0.1) is 23.6 Å². The SMILES string of the molecule is CCOC(=O)c1c2n(c(=O)c3ccccc13)N(c1ccccc1)CC2. The van der Waals surface area contributed by atoms with Crippen LogP contribution in [-0.4, -0.2) is 23.8 Å². The minimum atomic E-state index is -0.377. The number of carbonyl (C=O) groups excluding carboxylic acids is 1. The van der Waals surface area contributed by atoms with E-state index in [9.17, 15) is 9.59 Å². The van der Waals surface area contributed by atoms with Gasteiger partial charge in [0.1, 0.15) is 0 Å². The number of para-hydroxylation sites is 1. The zero-order valence-corrected chi connectivity index (χ0v) is 13.9. The van der Waals surface area contributed by atoms with E-state index in [1.165, 1.54) is 0 Å². The van der Waals surface area contributed by atoms with E-state index < -0.39 is 0 Å². The minimum Gasteiger partial charge on any atom is -0.462 e. The molecule has 1 aliphatic rings. The Morgan fingerprint density at radius 3 is 2.44 bits per heavy atom. The fraction of sp³-hybridized carbons (Fsp3) is 0.200. The van der Waals surface area contributed by atoms with Gasteiger partial charge in [0.2, 0.25) is 0 Å². The average molecular weight is 334 g/mol. The first-order chi connectivity index (χ1) is 12.2. The molecule has 0 radical (unpaired) electrons. The highest BCUT2D eigenvalue weighted by Gasteiger charge is 2.30. The summed E-state index contributed by atoms with van der Waals surface area (Å²) in [4.78, 5) is 25.7. The van der Waals surface area contributed by atoms with Gasteiger partial charge < -0.3 is 4.74 Å². The summed E-state index contributed by atoms with van der Waals surface area (Å²) in [5, 5.41) is 3.11. The van der Waals surface area contributed by atoms with Gasteiger partial charge in [0, 0.05) is 23.7 Å². The predicted octanol–water partition coefficient (Wildman–Crippen LogP) is 3.00. The van der Waals surface area contributed by atoms with Gasteiger partial charge >= 0.3 is 5.97 Å². The lowest BCUT2D eigenvalue weighted by Gasteiger charge is -2.22. The number of fused-ring (bicyclic) bond motifs is 2. The Hall–Kier alpha value is -3.08. The van der Waals surface area contributed by atoms with Gasteiger partial charge in [-0.05, 0) is 25.1 Å². The standard InChI is InChI=1S/C20H18N2O3/c1-2-25-20(24)18-15-10-6-7-11-16(15)19(23)22-17(18)12-13-21(22)14-8-4-3-5-9-14/h3-11H,2,12-13H2,1H3. The Morgan fingerprint density at radius 1 is 1.04 bits per heavy atom. The van der Waals surface area contributed by atoms with Crippen LogP contribution in [0, 0.1) is 0 Å². The maximum Gasteiger partial charge on any atom is 0.340 e. The zero-order valence-electron chi connectivity index (χ0n) is 13.9. The molecule has 1 aliphatic heterocycles. The molecule has 0 unspecified atom stereocenters. The van der Waals surface area contributed by atoms with E-state index in [0.29, 0.717) is 41.6 Å². The summed E-state index contributed by atoms with van der Waals surface area (Å²) in [5.41, 5.74) is 2.02. The summed E-state index contributed by atoms with van der Waals surface area (Å²) in [6.07, 6.45) is 0.614. The lowest BCUT2D eigenvalue weighted by atomic mass is 10.0. The Morgan fingerprint density at radius 2 is 1.72 bits per heavy atom. The van der Waals surface area contributed by atoms with Gasteiger partial charge in [-0.25, -0.2) is 9.47 Å². The first-order valence-corrected chi connectivity index (χ1v) is 8.39. The van der Waals surface area contributed by atoms with E-state index in [-0.39, 0.29) is 11.5 Å². The molecule has 0 amide bonds. The molecule has 1 aromatic heterocycles. The largest absolute Gasteiger partial charge is 0.462 e. The van der Waals surface area contributed by atoms with Crippen molar-refractivity contribution < 1.29 is 9.53 Å². The second-order valence-electron chi connectivity index (χ2n) is 5.91. The smallest absolute Gasteiger partial charge is 0.340 e. The van der Waals surface area contributed by atoms with Gasteiger partial charge in [-0.2, -0.15) is 0 Å². The third-order valence-corrected chi connectivity index (χ3v) is 4.50. The number of rotatable bonds is 3. The van der Waals surface area contributed by atoms with Crippen molar-refractivity contribution in [2.24, 2.45) is 0 Å². The fourth-order valence-corrected chi connectivity index (χ4v) is 3.46. The molecule has 4 rings (SSSR count). The number of nitrogens with zero attached hydrogens (tertiary/aromatic N) is 2. The molecule has 0 N–H and O–H groups in total. The third kappa shape index (κ3) is 2.39. The second kappa shape index (κ2) is 6.09. The molecule has 0 atom stereocenters. The number of hydrogen-bond acceptors (Lipinski definition) is 4. The summed E-state index contributed by atoms with van der Waals surface area (Å²) in [6.45, 7) is 2.72. The van der Waals surface area contributed by atoms with Gasteiger partial charge in [-0.1, -0.05) is 36.4 Å². The Balaban J connectivity index is 2.02. The van der Waals surface area contributed by atoms with Gasteiger partial charge in [0.15, 0.2) is 0 Å². The van der Waals surface area contributed by atoms with Crippen LogP contribution in [0.4, 0.5) is 5.69 Å². The number of anilines is 1. The normalized spacial score (nSPS) is 13.1. The monoisotopic (exact) mass is 334 g/mol. The molecular formula is C20H18N2O3. The van der Waals surface area contributed by atoms with Crippen molar-refractivity contribution in [2.75, 3.05) is 18.2 Å². The maximum absolute atomic E-state index is 13.1. The zero-order chi connectivity index (χ0) is 17.4. The molecule has 25 heavy (non-hydrogen) atoms. The van der Waals surface area contributed by atoms with Crippen LogP contribution in [0.1, 0.15) is 23.0 Å². The first kappa shape index (κ1) is 15.4. The van der Waals surface area contributed by atoms with Crippen molar-refractivity contribution in [1.82, 2.24) is 4.68 Å². The third-order valence-electron chi connectivity index (χ3n) is 4.50. The number of carbonyl (C=O) groups is 1. The van der Waals surface area contributed by atoms with Crippen molar-refractivity contribution in [3.05, 3.63) is 76.2 Å². The molecule has 0 aliphatic carbocycles. The molecular weight excluding hydrogens is 316 g/mol. The van der Waals surface area contributed by atoms with E-state index >= 15 is 0 Å². The van der Waals surface area contributed by atoms with Gasteiger partial charge in [-0.3, -0.25) is 9.80 Å². The van der Waals surface area contributed by atoms with Crippen LogP contribution in [0.2, 0.25) is 0 Å². The van der Waals surface area contributed by atoms with Crippen molar-refractivity contribution in [3.63, 3.8) is 0 Å². The molecule has 2 heterocycles. The Bertz CT molecular complexity index is 1010. The van der Waals surface area contributed by atoms with Crippen molar-refractivity contribution in [1.29, 1.82) is 0 Å². The summed E-state index contributed by atoms with van der Waals surface area (Å²) in [7, 11) is 0. The quantitative estimate of drug-likeness (QED) is 0.691. The molecule has 126 valence electrons. The molecule has 5 nitrogen and oxygen atoms in total. The highest BCUT2D eigenvalue weighted by Crippen LogP contribution is 2.28. The topological polar surface area (TPSA) is 51.5 Å². The van der Waals surface area contributed by atoms with Crippen LogP contribution >= 0.6 is 0 Å². The van der Waals surface area contributed by atoms with Crippen LogP contribution in [0.25, 0.3) is 10.8 Å². The maximum atomic E-state index is 13.1. The highest BCUT2D eigenvalue weighted by atomic mass is 16.5.